The van der Waals surface area contributed by atoms with Gasteiger partial charge < -0.3 is 4.74 Å². The van der Waals surface area contributed by atoms with Crippen molar-refractivity contribution >= 4 is 11.8 Å². The quantitative estimate of drug-likeness (QED) is 0.486. The molecule has 0 N–H and O–H groups in total. The van der Waals surface area contributed by atoms with Gasteiger partial charge in [-0.3, -0.25) is 0 Å². The molecule has 0 unspecified atom stereocenters. The summed E-state index contributed by atoms with van der Waals surface area (Å²) in [6.45, 7) is 7.83. The summed E-state index contributed by atoms with van der Waals surface area (Å²) in [5, 5.41) is 0. The van der Waals surface area contributed by atoms with Crippen LogP contribution in [0, 0.1) is 29.1 Å². The molecule has 0 aromatic heterocycles. The summed E-state index contributed by atoms with van der Waals surface area (Å²) < 4.78 is 6.80. The lowest BCUT2D eigenvalue weighted by Crippen LogP contribution is -2.59. The highest BCUT2D eigenvalue weighted by molar-refractivity contribution is 8.03. The van der Waals surface area contributed by atoms with E-state index in [4.69, 9.17) is 4.74 Å². The molecule has 5 rings (SSSR count). The van der Waals surface area contributed by atoms with Crippen LogP contribution in [0.25, 0.3) is 0 Å². The highest BCUT2D eigenvalue weighted by atomic mass is 32.2. The van der Waals surface area contributed by atoms with Crippen molar-refractivity contribution in [2.75, 3.05) is 6.61 Å². The largest absolute Gasteiger partial charge is 0.370 e. The molecule has 1 nitrogen and oxygen atoms in total. The lowest BCUT2D eigenvalue weighted by atomic mass is 9.46. The van der Waals surface area contributed by atoms with E-state index in [1.54, 1.807) is 10.5 Å². The molecule has 0 heterocycles. The van der Waals surface area contributed by atoms with E-state index in [-0.39, 0.29) is 5.60 Å². The lowest BCUT2D eigenvalue weighted by Gasteiger charge is -2.62. The molecule has 1 aromatic rings. The van der Waals surface area contributed by atoms with Crippen molar-refractivity contribution in [2.45, 2.75) is 69.8 Å². The highest BCUT2D eigenvalue weighted by Gasteiger charge is 2.66. The van der Waals surface area contributed by atoms with Gasteiger partial charge >= 0.3 is 0 Å². The molecule has 4 aliphatic carbocycles. The minimum absolute atomic E-state index is 0.00879. The van der Waals surface area contributed by atoms with Gasteiger partial charge in [0, 0.05) is 10.8 Å². The number of rotatable bonds is 5. The van der Waals surface area contributed by atoms with E-state index in [0.29, 0.717) is 17.3 Å². The van der Waals surface area contributed by atoms with Gasteiger partial charge in [0.25, 0.3) is 0 Å². The second-order valence-electron chi connectivity index (χ2n) is 10.1. The van der Waals surface area contributed by atoms with Crippen LogP contribution in [0.4, 0.5) is 0 Å². The van der Waals surface area contributed by atoms with Crippen LogP contribution in [0.1, 0.15) is 59.3 Å². The van der Waals surface area contributed by atoms with Gasteiger partial charge in [0.15, 0.2) is 0 Å². The second kappa shape index (κ2) is 7.06. The van der Waals surface area contributed by atoms with E-state index in [0.717, 1.165) is 18.4 Å². The fourth-order valence-corrected chi connectivity index (χ4v) is 8.37. The Morgan fingerprint density at radius 1 is 1.14 bits per heavy atom. The molecule has 0 radical (unpaired) electrons. The van der Waals surface area contributed by atoms with Crippen molar-refractivity contribution in [3.8, 4) is 0 Å². The molecule has 2 saturated carbocycles. The standard InChI is InChI=1S/C26H34OS/c1-18(2)17-27-25-14-13-20-9-10-22-23(28-21-7-5-4-6-8-21)11-12-24(25)26(20,22)16-19(3)15-25/h4-8,11,15,18,20,22,24H,9-10,12-14,16-17H2,1-3H3/t20-,22+,24+,25-,26+/m1/s1. The number of benzene rings is 1. The maximum Gasteiger partial charge on any atom is 0.0901 e. The van der Waals surface area contributed by atoms with Crippen LogP contribution in [-0.4, -0.2) is 12.2 Å². The van der Waals surface area contributed by atoms with Crippen molar-refractivity contribution in [3.05, 3.63) is 53.0 Å². The van der Waals surface area contributed by atoms with Gasteiger partial charge in [-0.25, -0.2) is 0 Å². The van der Waals surface area contributed by atoms with Crippen LogP contribution in [0.5, 0.6) is 0 Å². The third kappa shape index (κ3) is 2.86. The maximum atomic E-state index is 6.80. The lowest BCUT2D eigenvalue weighted by molar-refractivity contribution is -0.163. The predicted molar refractivity (Wildman–Crippen MR) is 118 cm³/mol. The van der Waals surface area contributed by atoms with Gasteiger partial charge in [0.05, 0.1) is 12.2 Å². The van der Waals surface area contributed by atoms with E-state index in [1.165, 1.54) is 43.4 Å². The first-order chi connectivity index (χ1) is 13.5. The van der Waals surface area contributed by atoms with Crippen molar-refractivity contribution < 1.29 is 4.74 Å². The van der Waals surface area contributed by atoms with Gasteiger partial charge in [-0.1, -0.05) is 61.5 Å². The Bertz CT molecular complexity index is 794. The molecular weight excluding hydrogens is 360 g/mol. The van der Waals surface area contributed by atoms with Crippen LogP contribution < -0.4 is 0 Å². The molecule has 150 valence electrons. The molecule has 2 heteroatoms. The summed E-state index contributed by atoms with van der Waals surface area (Å²) in [7, 11) is 0. The summed E-state index contributed by atoms with van der Waals surface area (Å²) in [4.78, 5) is 3.05. The van der Waals surface area contributed by atoms with E-state index in [1.807, 2.05) is 11.8 Å². The van der Waals surface area contributed by atoms with Gasteiger partial charge in [0.2, 0.25) is 0 Å². The van der Waals surface area contributed by atoms with E-state index in [9.17, 15) is 0 Å². The van der Waals surface area contributed by atoms with Crippen molar-refractivity contribution in [1.82, 2.24) is 0 Å². The van der Waals surface area contributed by atoms with Crippen molar-refractivity contribution in [3.63, 3.8) is 0 Å². The Kier molecular flexibility index (Phi) is 4.79. The van der Waals surface area contributed by atoms with Crippen LogP contribution in [0.3, 0.4) is 0 Å². The van der Waals surface area contributed by atoms with E-state index in [2.05, 4.69) is 63.3 Å². The average molecular weight is 395 g/mol. The molecular formula is C26H34OS. The first-order valence-electron chi connectivity index (χ1n) is 11.3. The topological polar surface area (TPSA) is 9.23 Å². The minimum atomic E-state index is -0.00879. The molecule has 5 atom stereocenters. The predicted octanol–water partition coefficient (Wildman–Crippen LogP) is 7.25. The molecule has 2 bridgehead atoms. The minimum Gasteiger partial charge on any atom is -0.370 e. The van der Waals surface area contributed by atoms with Crippen LogP contribution in [-0.2, 0) is 4.74 Å². The Morgan fingerprint density at radius 2 is 1.96 bits per heavy atom. The molecule has 0 saturated heterocycles. The molecule has 28 heavy (non-hydrogen) atoms. The second-order valence-corrected chi connectivity index (χ2v) is 11.3. The molecule has 2 fully saturated rings. The van der Waals surface area contributed by atoms with Crippen LogP contribution in [0.15, 0.2) is 57.9 Å². The third-order valence-electron chi connectivity index (χ3n) is 7.97. The summed E-state index contributed by atoms with van der Waals surface area (Å²) >= 11 is 2.04. The van der Waals surface area contributed by atoms with Gasteiger partial charge in [-0.05, 0) is 85.7 Å². The van der Waals surface area contributed by atoms with Crippen LogP contribution in [0.2, 0.25) is 0 Å². The Hall–Kier alpha value is -0.990. The Labute approximate surface area is 175 Å². The molecule has 0 amide bonds. The monoisotopic (exact) mass is 394 g/mol. The van der Waals surface area contributed by atoms with Crippen molar-refractivity contribution in [1.29, 1.82) is 0 Å². The zero-order valence-corrected chi connectivity index (χ0v) is 18.4. The fourth-order valence-electron chi connectivity index (χ4n) is 7.15. The number of thioether (sulfide) groups is 1. The van der Waals surface area contributed by atoms with Crippen molar-refractivity contribution in [2.24, 2.45) is 29.1 Å². The summed E-state index contributed by atoms with van der Waals surface area (Å²) in [5.41, 5.74) is 2.02. The maximum absolute atomic E-state index is 6.80. The molecule has 0 aliphatic heterocycles. The normalized spacial score (nSPS) is 38.8. The van der Waals surface area contributed by atoms with E-state index >= 15 is 0 Å². The van der Waals surface area contributed by atoms with Crippen LogP contribution >= 0.6 is 11.8 Å². The first-order valence-corrected chi connectivity index (χ1v) is 12.1. The number of hydrogen-bond acceptors (Lipinski definition) is 2. The highest BCUT2D eigenvalue weighted by Crippen LogP contribution is 2.71. The van der Waals surface area contributed by atoms with Gasteiger partial charge in [-0.2, -0.15) is 0 Å². The molecule has 1 aromatic carbocycles. The SMILES string of the molecule is CC1=C[C@]2(OCC(C)C)CC[C@H]3CC[C@H]4C(Sc5ccccc5)=CC[C@@H]2[C@@]34C1. The fraction of sp³-hybridized carbons (Fsp3) is 0.615. The smallest absolute Gasteiger partial charge is 0.0901 e. The zero-order chi connectivity index (χ0) is 19.4. The molecule has 1 spiro atoms. The summed E-state index contributed by atoms with van der Waals surface area (Å²) in [6, 6.07) is 11.0. The average Bonchev–Trinajstić information content (AvgIpc) is 3.02. The van der Waals surface area contributed by atoms with Gasteiger partial charge in [-0.15, -0.1) is 0 Å². The Morgan fingerprint density at radius 3 is 2.75 bits per heavy atom. The summed E-state index contributed by atoms with van der Waals surface area (Å²) in [5.74, 6) is 2.89. The zero-order valence-electron chi connectivity index (χ0n) is 17.6. The Balaban J connectivity index is 1.53. The number of ether oxygens (including phenoxy) is 1. The summed E-state index contributed by atoms with van der Waals surface area (Å²) in [6.07, 6.45) is 13.0. The van der Waals surface area contributed by atoms with Gasteiger partial charge in [0.1, 0.15) is 0 Å². The number of allylic oxidation sites excluding steroid dienone is 3. The molecule has 4 aliphatic rings. The number of hydrogen-bond donors (Lipinski definition) is 0. The van der Waals surface area contributed by atoms with E-state index < -0.39 is 0 Å². The first kappa shape index (κ1) is 19.0. The third-order valence-corrected chi connectivity index (χ3v) is 9.17.